The maximum absolute atomic E-state index is 4.88. The van der Waals surface area contributed by atoms with Gasteiger partial charge in [-0.15, -0.1) is 0 Å². The van der Waals surface area contributed by atoms with Gasteiger partial charge in [-0.05, 0) is 67.7 Å². The predicted octanol–water partition coefficient (Wildman–Crippen LogP) is 4.96. The molecule has 5 rings (SSSR count). The van der Waals surface area contributed by atoms with Crippen LogP contribution in [0, 0.1) is 6.92 Å². The van der Waals surface area contributed by atoms with Gasteiger partial charge in [-0.2, -0.15) is 5.10 Å². The van der Waals surface area contributed by atoms with Gasteiger partial charge in [0.25, 0.3) is 0 Å². The zero-order valence-electron chi connectivity index (χ0n) is 15.1. The van der Waals surface area contributed by atoms with Gasteiger partial charge < -0.3 is 0 Å². The minimum absolute atomic E-state index is 0.813. The van der Waals surface area contributed by atoms with Gasteiger partial charge in [0.05, 0.1) is 22.4 Å². The number of hydrogen-bond donors (Lipinski definition) is 1. The Morgan fingerprint density at radius 1 is 1.00 bits per heavy atom. The van der Waals surface area contributed by atoms with Crippen LogP contribution in [0.2, 0.25) is 0 Å². The number of aryl methyl sites for hydroxylation is 1. The zero-order valence-corrected chi connectivity index (χ0v) is 15.1. The second-order valence-electron chi connectivity index (χ2n) is 6.89. The maximum atomic E-state index is 4.88. The molecule has 4 aromatic rings. The molecule has 0 saturated heterocycles. The average Bonchev–Trinajstić information content (AvgIpc) is 3.39. The van der Waals surface area contributed by atoms with Crippen LogP contribution < -0.4 is 0 Å². The highest BCUT2D eigenvalue weighted by atomic mass is 15.1. The lowest BCUT2D eigenvalue weighted by atomic mass is 10.1. The summed E-state index contributed by atoms with van der Waals surface area (Å²) in [5, 5.41) is 7.38. The van der Waals surface area contributed by atoms with Crippen LogP contribution in [0.5, 0.6) is 0 Å². The molecule has 27 heavy (non-hydrogen) atoms. The van der Waals surface area contributed by atoms with E-state index >= 15 is 0 Å². The Morgan fingerprint density at radius 3 is 2.81 bits per heavy atom. The largest absolute Gasteiger partial charge is 0.284 e. The Bertz CT molecular complexity index is 1170. The molecule has 1 aliphatic carbocycles. The van der Waals surface area contributed by atoms with Gasteiger partial charge >= 0.3 is 0 Å². The van der Waals surface area contributed by atoms with Crippen molar-refractivity contribution < 1.29 is 0 Å². The van der Waals surface area contributed by atoms with Crippen LogP contribution in [0.3, 0.4) is 0 Å². The molecule has 132 valence electrons. The molecule has 0 amide bonds. The fraction of sp³-hybridized carbons (Fsp3) is 0.182. The fourth-order valence-corrected chi connectivity index (χ4v) is 3.62. The molecule has 1 N–H and O–H groups in total. The monoisotopic (exact) mass is 353 g/mol. The summed E-state index contributed by atoms with van der Waals surface area (Å²) in [6, 6.07) is 12.1. The van der Waals surface area contributed by atoms with E-state index in [1.54, 1.807) is 0 Å². The molecule has 5 heteroatoms. The molecule has 0 unspecified atom stereocenters. The van der Waals surface area contributed by atoms with E-state index in [2.05, 4.69) is 32.3 Å². The number of aromatic amines is 1. The van der Waals surface area contributed by atoms with Gasteiger partial charge in [0, 0.05) is 23.7 Å². The van der Waals surface area contributed by atoms with Gasteiger partial charge in [-0.1, -0.05) is 12.1 Å². The second kappa shape index (κ2) is 6.43. The summed E-state index contributed by atoms with van der Waals surface area (Å²) in [7, 11) is 0. The lowest BCUT2D eigenvalue weighted by molar-refractivity contribution is 0.935. The number of nitrogens with zero attached hydrogens (tertiary/aromatic N) is 4. The first-order chi connectivity index (χ1) is 13.3. The summed E-state index contributed by atoms with van der Waals surface area (Å²) < 4.78 is 0. The molecule has 0 aliphatic heterocycles. The maximum Gasteiger partial charge on any atom is 0.120 e. The van der Waals surface area contributed by atoms with Crippen molar-refractivity contribution in [3.8, 4) is 22.6 Å². The first-order valence-corrected chi connectivity index (χ1v) is 9.22. The van der Waals surface area contributed by atoms with Crippen molar-refractivity contribution in [2.45, 2.75) is 26.2 Å². The standard InChI is InChI=1S/C22H19N5/c1-14-5-4-8-20(25-14)22-17(13-24-27-22)18-9-10-19-21(26-18)11-16(12-23-19)15-6-2-3-7-15/h4-6,8-13H,2-3,7H2,1H3,(H,24,27). The third-order valence-corrected chi connectivity index (χ3v) is 5.00. The minimum atomic E-state index is 0.813. The van der Waals surface area contributed by atoms with Gasteiger partial charge in [-0.25, -0.2) is 4.98 Å². The summed E-state index contributed by atoms with van der Waals surface area (Å²) in [6.45, 7) is 1.98. The molecule has 0 spiro atoms. The first kappa shape index (κ1) is 15.9. The summed E-state index contributed by atoms with van der Waals surface area (Å²) in [5.74, 6) is 0. The number of aromatic nitrogens is 5. The number of allylic oxidation sites excluding steroid dienone is 2. The van der Waals surface area contributed by atoms with E-state index in [4.69, 9.17) is 4.98 Å². The van der Waals surface area contributed by atoms with E-state index in [0.717, 1.165) is 52.2 Å². The molecule has 0 atom stereocenters. The lowest BCUT2D eigenvalue weighted by Crippen LogP contribution is -1.92. The topological polar surface area (TPSA) is 67.3 Å². The van der Waals surface area contributed by atoms with Crippen molar-refractivity contribution in [1.29, 1.82) is 0 Å². The van der Waals surface area contributed by atoms with Gasteiger partial charge in [0.15, 0.2) is 0 Å². The average molecular weight is 353 g/mol. The molecule has 0 aromatic carbocycles. The van der Waals surface area contributed by atoms with Crippen molar-refractivity contribution in [1.82, 2.24) is 25.1 Å². The van der Waals surface area contributed by atoms with Crippen LogP contribution >= 0.6 is 0 Å². The highest BCUT2D eigenvalue weighted by Gasteiger charge is 2.14. The van der Waals surface area contributed by atoms with Gasteiger partial charge in [0.1, 0.15) is 5.69 Å². The number of pyridine rings is 3. The molecule has 4 aromatic heterocycles. The minimum Gasteiger partial charge on any atom is -0.284 e. The van der Waals surface area contributed by atoms with E-state index in [1.807, 2.05) is 49.6 Å². The smallest absolute Gasteiger partial charge is 0.120 e. The fourth-order valence-electron chi connectivity index (χ4n) is 3.62. The predicted molar refractivity (Wildman–Crippen MR) is 107 cm³/mol. The van der Waals surface area contributed by atoms with Crippen molar-refractivity contribution in [2.75, 3.05) is 0 Å². The molecule has 0 radical (unpaired) electrons. The summed E-state index contributed by atoms with van der Waals surface area (Å²) in [6.07, 6.45) is 9.65. The Kier molecular flexibility index (Phi) is 3.78. The van der Waals surface area contributed by atoms with E-state index < -0.39 is 0 Å². The Hall–Kier alpha value is -3.34. The molecule has 1 aliphatic rings. The Morgan fingerprint density at radius 2 is 1.96 bits per heavy atom. The van der Waals surface area contributed by atoms with E-state index in [-0.39, 0.29) is 0 Å². The molecule has 5 nitrogen and oxygen atoms in total. The van der Waals surface area contributed by atoms with Crippen LogP contribution in [0.4, 0.5) is 0 Å². The normalized spacial score (nSPS) is 13.9. The van der Waals surface area contributed by atoms with Crippen LogP contribution in [0.15, 0.2) is 54.9 Å². The summed E-state index contributed by atoms with van der Waals surface area (Å²) in [5.41, 5.74) is 8.80. The van der Waals surface area contributed by atoms with Crippen LogP contribution in [0.25, 0.3) is 39.3 Å². The number of H-pyrrole nitrogens is 1. The second-order valence-corrected chi connectivity index (χ2v) is 6.89. The molecule has 4 heterocycles. The van der Waals surface area contributed by atoms with Crippen molar-refractivity contribution in [3.05, 3.63) is 66.1 Å². The van der Waals surface area contributed by atoms with Crippen molar-refractivity contribution >= 4 is 16.6 Å². The van der Waals surface area contributed by atoms with Crippen LogP contribution in [-0.2, 0) is 0 Å². The highest BCUT2D eigenvalue weighted by Crippen LogP contribution is 2.31. The van der Waals surface area contributed by atoms with Gasteiger partial charge in [-0.3, -0.25) is 15.1 Å². The molecular formula is C22H19N5. The Balaban J connectivity index is 1.61. The van der Waals surface area contributed by atoms with Gasteiger partial charge in [0.2, 0.25) is 0 Å². The number of hydrogen-bond acceptors (Lipinski definition) is 4. The van der Waals surface area contributed by atoms with E-state index in [1.165, 1.54) is 17.6 Å². The van der Waals surface area contributed by atoms with E-state index in [9.17, 15) is 0 Å². The number of rotatable bonds is 3. The van der Waals surface area contributed by atoms with Crippen molar-refractivity contribution in [2.24, 2.45) is 0 Å². The summed E-state index contributed by atoms with van der Waals surface area (Å²) in [4.78, 5) is 14.1. The number of fused-ring (bicyclic) bond motifs is 1. The Labute approximate surface area is 157 Å². The van der Waals surface area contributed by atoms with Crippen LogP contribution in [0.1, 0.15) is 30.5 Å². The van der Waals surface area contributed by atoms with E-state index in [0.29, 0.717) is 0 Å². The first-order valence-electron chi connectivity index (χ1n) is 9.22. The highest BCUT2D eigenvalue weighted by molar-refractivity contribution is 5.84. The molecule has 0 fully saturated rings. The summed E-state index contributed by atoms with van der Waals surface area (Å²) >= 11 is 0. The lowest BCUT2D eigenvalue weighted by Gasteiger charge is -2.06. The molecular weight excluding hydrogens is 334 g/mol. The van der Waals surface area contributed by atoms with Crippen LogP contribution in [-0.4, -0.2) is 25.1 Å². The molecule has 0 bridgehead atoms. The molecule has 0 saturated carbocycles. The quantitative estimate of drug-likeness (QED) is 0.565. The third-order valence-electron chi connectivity index (χ3n) is 5.00. The zero-order chi connectivity index (χ0) is 18.2. The SMILES string of the molecule is Cc1cccc(-c2n[nH]cc2-c2ccc3ncc(C4=CCCC4)cc3n2)n1. The third kappa shape index (κ3) is 2.91. The number of nitrogens with one attached hydrogen (secondary N) is 1. The van der Waals surface area contributed by atoms with Crippen molar-refractivity contribution in [3.63, 3.8) is 0 Å².